The topological polar surface area (TPSA) is 66.0 Å². The summed E-state index contributed by atoms with van der Waals surface area (Å²) in [7, 11) is 0. The van der Waals surface area contributed by atoms with Crippen molar-refractivity contribution >= 4 is 16.9 Å². The summed E-state index contributed by atoms with van der Waals surface area (Å²) in [5.74, 6) is -1.01. The second-order valence-electron chi connectivity index (χ2n) is 4.38. The Bertz CT molecular complexity index is 732. The molecule has 1 aromatic heterocycles. The third-order valence-corrected chi connectivity index (χ3v) is 3.12. The standard InChI is InChI=1S/C15H12N2O2/c18-15(19)14-13-11(7-4-8-12(13)16-17-14)9-10-5-2-1-3-6-10/h1-8H,9H2,(H,16,17)(H,18,19). The molecule has 3 aromatic rings. The summed E-state index contributed by atoms with van der Waals surface area (Å²) in [6, 6.07) is 15.7. The minimum Gasteiger partial charge on any atom is -0.476 e. The number of nitrogens with one attached hydrogen (secondary N) is 1. The van der Waals surface area contributed by atoms with Gasteiger partial charge in [0, 0.05) is 5.39 Å². The van der Waals surface area contributed by atoms with Crippen molar-refractivity contribution in [3.05, 3.63) is 65.4 Å². The van der Waals surface area contributed by atoms with E-state index in [1.54, 1.807) is 0 Å². The van der Waals surface area contributed by atoms with E-state index in [2.05, 4.69) is 10.2 Å². The summed E-state index contributed by atoms with van der Waals surface area (Å²) in [5, 5.41) is 16.5. The van der Waals surface area contributed by atoms with Crippen LogP contribution in [0.4, 0.5) is 0 Å². The van der Waals surface area contributed by atoms with Crippen LogP contribution in [0.2, 0.25) is 0 Å². The number of aromatic amines is 1. The fourth-order valence-electron chi connectivity index (χ4n) is 2.26. The molecule has 1 heterocycles. The zero-order chi connectivity index (χ0) is 13.2. The third kappa shape index (κ3) is 2.08. The number of benzene rings is 2. The Balaban J connectivity index is 2.13. The molecule has 0 aliphatic carbocycles. The summed E-state index contributed by atoms with van der Waals surface area (Å²) in [6.07, 6.45) is 0.692. The molecule has 4 nitrogen and oxygen atoms in total. The van der Waals surface area contributed by atoms with E-state index in [1.807, 2.05) is 48.5 Å². The van der Waals surface area contributed by atoms with Gasteiger partial charge < -0.3 is 5.11 Å². The molecule has 2 aromatic carbocycles. The van der Waals surface area contributed by atoms with Gasteiger partial charge in [-0.15, -0.1) is 0 Å². The summed E-state index contributed by atoms with van der Waals surface area (Å²) in [5.41, 5.74) is 2.95. The van der Waals surface area contributed by atoms with Crippen LogP contribution in [0, 0.1) is 0 Å². The van der Waals surface area contributed by atoms with Crippen LogP contribution < -0.4 is 0 Å². The first kappa shape index (κ1) is 11.5. The van der Waals surface area contributed by atoms with Crippen molar-refractivity contribution in [2.75, 3.05) is 0 Å². The Morgan fingerprint density at radius 1 is 1.11 bits per heavy atom. The molecule has 2 N–H and O–H groups in total. The monoisotopic (exact) mass is 252 g/mol. The highest BCUT2D eigenvalue weighted by atomic mass is 16.4. The van der Waals surface area contributed by atoms with Crippen LogP contribution in [0.25, 0.3) is 10.9 Å². The molecular formula is C15H12N2O2. The summed E-state index contributed by atoms with van der Waals surface area (Å²) < 4.78 is 0. The maximum atomic E-state index is 11.2. The predicted molar refractivity (Wildman–Crippen MR) is 72.3 cm³/mol. The highest BCUT2D eigenvalue weighted by molar-refractivity contribution is 6.02. The van der Waals surface area contributed by atoms with Gasteiger partial charge in [0.15, 0.2) is 5.69 Å². The quantitative estimate of drug-likeness (QED) is 0.753. The van der Waals surface area contributed by atoms with Crippen molar-refractivity contribution in [2.24, 2.45) is 0 Å². The van der Waals surface area contributed by atoms with Gasteiger partial charge in [-0.25, -0.2) is 4.79 Å². The van der Waals surface area contributed by atoms with E-state index in [1.165, 1.54) is 0 Å². The molecule has 0 bridgehead atoms. The van der Waals surface area contributed by atoms with Crippen LogP contribution in [0.1, 0.15) is 21.6 Å². The minimum absolute atomic E-state index is 0.0848. The lowest BCUT2D eigenvalue weighted by atomic mass is 10.0. The van der Waals surface area contributed by atoms with Crippen molar-refractivity contribution in [2.45, 2.75) is 6.42 Å². The molecule has 94 valence electrons. The Morgan fingerprint density at radius 3 is 2.63 bits per heavy atom. The average molecular weight is 252 g/mol. The van der Waals surface area contributed by atoms with Crippen molar-refractivity contribution in [1.29, 1.82) is 0 Å². The van der Waals surface area contributed by atoms with Crippen LogP contribution >= 0.6 is 0 Å². The van der Waals surface area contributed by atoms with Crippen LogP contribution in [-0.4, -0.2) is 21.3 Å². The fourth-order valence-corrected chi connectivity index (χ4v) is 2.26. The molecule has 0 amide bonds. The lowest BCUT2D eigenvalue weighted by Gasteiger charge is -2.04. The van der Waals surface area contributed by atoms with Crippen molar-refractivity contribution in [1.82, 2.24) is 10.2 Å². The largest absolute Gasteiger partial charge is 0.476 e. The van der Waals surface area contributed by atoms with Gasteiger partial charge in [-0.05, 0) is 23.6 Å². The Morgan fingerprint density at radius 2 is 1.89 bits per heavy atom. The zero-order valence-electron chi connectivity index (χ0n) is 10.1. The van der Waals surface area contributed by atoms with E-state index in [-0.39, 0.29) is 5.69 Å². The fraction of sp³-hybridized carbons (Fsp3) is 0.0667. The molecule has 19 heavy (non-hydrogen) atoms. The molecule has 0 saturated carbocycles. The smallest absolute Gasteiger partial charge is 0.357 e. The molecule has 3 rings (SSSR count). The molecule has 0 spiro atoms. The first-order valence-corrected chi connectivity index (χ1v) is 5.99. The minimum atomic E-state index is -1.01. The first-order valence-electron chi connectivity index (χ1n) is 5.99. The normalized spacial score (nSPS) is 10.7. The molecule has 0 saturated heterocycles. The number of rotatable bonds is 3. The lowest BCUT2D eigenvalue weighted by Crippen LogP contribution is -1.99. The van der Waals surface area contributed by atoms with Gasteiger partial charge >= 0.3 is 5.97 Å². The number of hydrogen-bond donors (Lipinski definition) is 2. The molecule has 4 heteroatoms. The predicted octanol–water partition coefficient (Wildman–Crippen LogP) is 2.85. The maximum absolute atomic E-state index is 11.2. The number of aromatic carboxylic acids is 1. The number of fused-ring (bicyclic) bond motifs is 1. The number of H-pyrrole nitrogens is 1. The van der Waals surface area contributed by atoms with Gasteiger partial charge in [0.25, 0.3) is 0 Å². The molecule has 0 radical (unpaired) electrons. The summed E-state index contributed by atoms with van der Waals surface area (Å²) >= 11 is 0. The number of nitrogens with zero attached hydrogens (tertiary/aromatic N) is 1. The highest BCUT2D eigenvalue weighted by Crippen LogP contribution is 2.23. The second-order valence-corrected chi connectivity index (χ2v) is 4.38. The number of carboxylic acid groups (broad SMARTS) is 1. The van der Waals surface area contributed by atoms with Gasteiger partial charge in [-0.2, -0.15) is 5.10 Å². The summed E-state index contributed by atoms with van der Waals surface area (Å²) in [4.78, 5) is 11.2. The van der Waals surface area contributed by atoms with Crippen molar-refractivity contribution in [3.63, 3.8) is 0 Å². The molecule has 0 unspecified atom stereocenters. The van der Waals surface area contributed by atoms with E-state index < -0.39 is 5.97 Å². The van der Waals surface area contributed by atoms with E-state index in [0.29, 0.717) is 11.8 Å². The van der Waals surface area contributed by atoms with Gasteiger partial charge in [0.05, 0.1) is 5.52 Å². The van der Waals surface area contributed by atoms with Crippen molar-refractivity contribution < 1.29 is 9.90 Å². The number of hydrogen-bond acceptors (Lipinski definition) is 2. The van der Waals surface area contributed by atoms with Crippen LogP contribution in [0.15, 0.2) is 48.5 Å². The van der Waals surface area contributed by atoms with Crippen LogP contribution in [-0.2, 0) is 6.42 Å². The van der Waals surface area contributed by atoms with E-state index in [4.69, 9.17) is 0 Å². The molecule has 0 aliphatic heterocycles. The van der Waals surface area contributed by atoms with E-state index in [0.717, 1.165) is 16.6 Å². The van der Waals surface area contributed by atoms with E-state index in [9.17, 15) is 9.90 Å². The molecule has 0 atom stereocenters. The summed E-state index contributed by atoms with van der Waals surface area (Å²) in [6.45, 7) is 0. The first-order chi connectivity index (χ1) is 9.25. The van der Waals surface area contributed by atoms with Gasteiger partial charge in [-0.1, -0.05) is 42.5 Å². The molecule has 0 aliphatic rings. The van der Waals surface area contributed by atoms with Crippen LogP contribution in [0.5, 0.6) is 0 Å². The zero-order valence-corrected chi connectivity index (χ0v) is 10.1. The van der Waals surface area contributed by atoms with Gasteiger partial charge in [0.2, 0.25) is 0 Å². The lowest BCUT2D eigenvalue weighted by molar-refractivity contribution is 0.0692. The SMILES string of the molecule is O=C(O)c1n[nH]c2cccc(Cc3ccccc3)c12. The van der Waals surface area contributed by atoms with Gasteiger partial charge in [0.1, 0.15) is 0 Å². The number of aromatic nitrogens is 2. The van der Waals surface area contributed by atoms with Crippen LogP contribution in [0.3, 0.4) is 0 Å². The van der Waals surface area contributed by atoms with Crippen molar-refractivity contribution in [3.8, 4) is 0 Å². The average Bonchev–Trinajstić information content (AvgIpc) is 2.85. The Kier molecular flexibility index (Phi) is 2.76. The van der Waals surface area contributed by atoms with Gasteiger partial charge in [-0.3, -0.25) is 5.10 Å². The maximum Gasteiger partial charge on any atom is 0.357 e. The second kappa shape index (κ2) is 4.57. The Hall–Kier alpha value is -2.62. The Labute approximate surface area is 109 Å². The molecular weight excluding hydrogens is 240 g/mol. The molecule has 0 fully saturated rings. The third-order valence-electron chi connectivity index (χ3n) is 3.12. The number of carbonyl (C=O) groups is 1. The van der Waals surface area contributed by atoms with E-state index >= 15 is 0 Å². The highest BCUT2D eigenvalue weighted by Gasteiger charge is 2.15. The number of carboxylic acids is 1.